The number of esters is 1. The molecule has 3 fully saturated rings. The van der Waals surface area contributed by atoms with E-state index in [4.69, 9.17) is 4.74 Å². The summed E-state index contributed by atoms with van der Waals surface area (Å²) in [5, 5.41) is 0. The highest BCUT2D eigenvalue weighted by Crippen LogP contribution is 2.67. The maximum Gasteiger partial charge on any atom is 0.454 e. The molecule has 0 unspecified atom stereocenters. The molecule has 232 valence electrons. The number of hydrogen-bond acceptors (Lipinski definition) is 3. The third-order valence-electron chi connectivity index (χ3n) is 12.2. The summed E-state index contributed by atoms with van der Waals surface area (Å²) in [7, 11) is 0. The first-order valence-electron chi connectivity index (χ1n) is 16.4. The van der Waals surface area contributed by atoms with Crippen LogP contribution in [0.1, 0.15) is 126 Å². The molecular formula is C36H49F3O3. The number of halogens is 3. The Hall–Kier alpha value is -2.11. The molecule has 3 nitrogen and oxygen atoms in total. The number of rotatable bonds is 8. The van der Waals surface area contributed by atoms with Crippen LogP contribution in [-0.4, -0.2) is 24.0 Å². The highest BCUT2D eigenvalue weighted by Gasteiger charge is 2.59. The number of Topliss-reactive ketones (excluding diaryl/α,β-unsaturated/α-hetero) is 1. The van der Waals surface area contributed by atoms with E-state index in [2.05, 4.69) is 40.7 Å². The summed E-state index contributed by atoms with van der Waals surface area (Å²) in [5.41, 5.74) is 1.72. The third kappa shape index (κ3) is 5.85. The van der Waals surface area contributed by atoms with E-state index in [0.717, 1.165) is 67.4 Å². The Morgan fingerprint density at radius 1 is 0.929 bits per heavy atom. The van der Waals surface area contributed by atoms with E-state index in [0.29, 0.717) is 11.3 Å². The smallest absolute Gasteiger partial charge is 0.454 e. The number of carbonyl (C=O) groups excluding carboxylic acids is 2. The van der Waals surface area contributed by atoms with Crippen LogP contribution < -0.4 is 0 Å². The van der Waals surface area contributed by atoms with Crippen LogP contribution in [0.15, 0.2) is 35.9 Å². The van der Waals surface area contributed by atoms with Gasteiger partial charge in [0.05, 0.1) is 5.56 Å². The topological polar surface area (TPSA) is 43.4 Å². The van der Waals surface area contributed by atoms with E-state index in [-0.39, 0.29) is 17.1 Å². The molecule has 8 atom stereocenters. The Morgan fingerprint density at radius 3 is 2.29 bits per heavy atom. The van der Waals surface area contributed by atoms with Crippen LogP contribution in [0.5, 0.6) is 0 Å². The molecule has 0 saturated heterocycles. The van der Waals surface area contributed by atoms with Gasteiger partial charge in [-0.1, -0.05) is 77.7 Å². The third-order valence-corrected chi connectivity index (χ3v) is 12.2. The van der Waals surface area contributed by atoms with Crippen molar-refractivity contribution in [3.05, 3.63) is 47.0 Å². The average Bonchev–Trinajstić information content (AvgIpc) is 3.29. The molecule has 0 amide bonds. The summed E-state index contributed by atoms with van der Waals surface area (Å²) >= 11 is 0. The molecule has 4 aliphatic carbocycles. The molecule has 1 aromatic carbocycles. The molecule has 3 saturated carbocycles. The second-order valence-electron chi connectivity index (χ2n) is 15.0. The molecule has 5 rings (SSSR count). The second kappa shape index (κ2) is 11.8. The molecular weight excluding hydrogens is 537 g/mol. The highest BCUT2D eigenvalue weighted by atomic mass is 19.4. The number of fused-ring (bicyclic) bond motifs is 5. The number of allylic oxidation sites excluding steroid dienone is 1. The summed E-state index contributed by atoms with van der Waals surface area (Å²) in [6.07, 6.45) is 10.3. The van der Waals surface area contributed by atoms with Gasteiger partial charge in [0.25, 0.3) is 5.78 Å². The van der Waals surface area contributed by atoms with Crippen molar-refractivity contribution in [3.8, 4) is 0 Å². The minimum atomic E-state index is -4.94. The van der Waals surface area contributed by atoms with E-state index in [9.17, 15) is 22.8 Å². The maximum absolute atomic E-state index is 12.9. The molecule has 42 heavy (non-hydrogen) atoms. The van der Waals surface area contributed by atoms with Gasteiger partial charge in [-0.3, -0.25) is 4.79 Å². The number of alkyl halides is 3. The van der Waals surface area contributed by atoms with Crippen molar-refractivity contribution in [1.82, 2.24) is 0 Å². The van der Waals surface area contributed by atoms with E-state index in [1.807, 2.05) is 0 Å². The fourth-order valence-electron chi connectivity index (χ4n) is 9.89. The van der Waals surface area contributed by atoms with Gasteiger partial charge in [-0.25, -0.2) is 4.79 Å². The van der Waals surface area contributed by atoms with Gasteiger partial charge in [-0.05, 0) is 103 Å². The minimum Gasteiger partial charge on any atom is -0.458 e. The Balaban J connectivity index is 1.22. The van der Waals surface area contributed by atoms with E-state index in [1.54, 1.807) is 0 Å². The van der Waals surface area contributed by atoms with Gasteiger partial charge >= 0.3 is 12.1 Å². The highest BCUT2D eigenvalue weighted by molar-refractivity contribution is 6.01. The largest absolute Gasteiger partial charge is 0.458 e. The minimum absolute atomic E-state index is 0.147. The Morgan fingerprint density at radius 2 is 1.62 bits per heavy atom. The van der Waals surface area contributed by atoms with Gasteiger partial charge in [0.15, 0.2) is 0 Å². The molecule has 0 aromatic heterocycles. The second-order valence-corrected chi connectivity index (χ2v) is 15.0. The first kappa shape index (κ1) is 31.3. The molecule has 0 N–H and O–H groups in total. The van der Waals surface area contributed by atoms with Crippen molar-refractivity contribution in [1.29, 1.82) is 0 Å². The summed E-state index contributed by atoms with van der Waals surface area (Å²) in [5.74, 6) is 2.18. The van der Waals surface area contributed by atoms with Crippen LogP contribution in [0.2, 0.25) is 0 Å². The first-order valence-corrected chi connectivity index (χ1v) is 16.4. The van der Waals surface area contributed by atoms with Crippen molar-refractivity contribution >= 4 is 11.8 Å². The fraction of sp³-hybridized carbons (Fsp3) is 0.722. The van der Waals surface area contributed by atoms with Crippen molar-refractivity contribution in [3.63, 3.8) is 0 Å². The molecule has 0 spiro atoms. The number of hydrogen-bond donors (Lipinski definition) is 0. The Labute approximate surface area is 250 Å². The maximum atomic E-state index is 12.9. The molecule has 0 aliphatic heterocycles. The van der Waals surface area contributed by atoms with Crippen LogP contribution in [0.4, 0.5) is 13.2 Å². The van der Waals surface area contributed by atoms with Crippen LogP contribution in [-0.2, 0) is 4.74 Å². The lowest BCUT2D eigenvalue weighted by Gasteiger charge is -2.58. The first-order chi connectivity index (χ1) is 19.7. The summed E-state index contributed by atoms with van der Waals surface area (Å²) < 4.78 is 44.0. The zero-order chi connectivity index (χ0) is 30.4. The quantitative estimate of drug-likeness (QED) is 0.173. The lowest BCUT2D eigenvalue weighted by atomic mass is 9.47. The lowest BCUT2D eigenvalue weighted by Crippen LogP contribution is -2.51. The predicted molar refractivity (Wildman–Crippen MR) is 159 cm³/mol. The fourth-order valence-corrected chi connectivity index (χ4v) is 9.89. The van der Waals surface area contributed by atoms with E-state index < -0.39 is 23.5 Å². The van der Waals surface area contributed by atoms with Gasteiger partial charge in [0.1, 0.15) is 6.10 Å². The SMILES string of the molecule is CC(C)CCC[C@@H](C)[C@H]1CC[C@H]2[C@@H]3CC=C4C[C@@H](OC(=O)c5ccc(C(=O)C(F)(F)F)cc5)CC[C@]4(C)[C@H]3CC[C@]12C. The van der Waals surface area contributed by atoms with Gasteiger partial charge in [0.2, 0.25) is 0 Å². The van der Waals surface area contributed by atoms with Crippen molar-refractivity contribution < 1.29 is 27.5 Å². The summed E-state index contributed by atoms with van der Waals surface area (Å²) in [4.78, 5) is 24.3. The standard InChI is InChI=1S/C36H49F3O3/c1-22(2)7-6-8-23(3)29-15-16-30-28-14-13-26-21-27(17-19-34(26,4)31(28)18-20-35(29,30)5)42-33(41)25-11-9-24(10-12-25)32(40)36(37,38)39/h9-13,22-23,27-31H,6-8,14-21H2,1-5H3/t23-,27+,28+,29-,30+,31+,34+,35-/m1/s1. The Bertz CT molecular complexity index is 1180. The average molecular weight is 587 g/mol. The van der Waals surface area contributed by atoms with E-state index >= 15 is 0 Å². The number of benzene rings is 1. The monoisotopic (exact) mass is 586 g/mol. The lowest BCUT2D eigenvalue weighted by molar-refractivity contribution is -0.0885. The molecule has 0 radical (unpaired) electrons. The molecule has 0 heterocycles. The van der Waals surface area contributed by atoms with Gasteiger partial charge < -0.3 is 4.74 Å². The van der Waals surface area contributed by atoms with Gasteiger partial charge in [-0.15, -0.1) is 0 Å². The molecule has 1 aromatic rings. The summed E-state index contributed by atoms with van der Waals surface area (Å²) in [6.45, 7) is 12.2. The van der Waals surface area contributed by atoms with Crippen molar-refractivity contribution in [2.75, 3.05) is 0 Å². The van der Waals surface area contributed by atoms with Crippen LogP contribution in [0, 0.1) is 46.3 Å². The summed E-state index contributed by atoms with van der Waals surface area (Å²) in [6, 6.07) is 4.59. The van der Waals surface area contributed by atoms with Gasteiger partial charge in [0, 0.05) is 12.0 Å². The van der Waals surface area contributed by atoms with Crippen LogP contribution in [0.3, 0.4) is 0 Å². The molecule has 6 heteroatoms. The number of ether oxygens (including phenoxy) is 1. The normalized spacial score (nSPS) is 35.1. The van der Waals surface area contributed by atoms with Crippen LogP contribution in [0.25, 0.3) is 0 Å². The molecule has 0 bridgehead atoms. The van der Waals surface area contributed by atoms with E-state index in [1.165, 1.54) is 62.7 Å². The number of ketones is 1. The molecule has 4 aliphatic rings. The number of carbonyl (C=O) groups is 2. The van der Waals surface area contributed by atoms with Crippen molar-refractivity contribution in [2.45, 2.75) is 118 Å². The zero-order valence-electron chi connectivity index (χ0n) is 26.1. The van der Waals surface area contributed by atoms with Crippen molar-refractivity contribution in [2.24, 2.45) is 46.3 Å². The predicted octanol–water partition coefficient (Wildman–Crippen LogP) is 10.00. The van der Waals surface area contributed by atoms with Gasteiger partial charge in [-0.2, -0.15) is 13.2 Å². The Kier molecular flexibility index (Phi) is 8.77. The zero-order valence-corrected chi connectivity index (χ0v) is 26.1. The van der Waals surface area contributed by atoms with Crippen LogP contribution >= 0.6 is 0 Å².